The Kier molecular flexibility index (Phi) is 5.94. The van der Waals surface area contributed by atoms with E-state index in [-0.39, 0.29) is 13.2 Å². The molecule has 0 aromatic carbocycles. The lowest BCUT2D eigenvalue weighted by Gasteiger charge is -2.04. The molecule has 0 aromatic heterocycles. The first-order valence-electron chi connectivity index (χ1n) is 3.93. The van der Waals surface area contributed by atoms with Crippen LogP contribution in [0.4, 0.5) is 13.2 Å². The molecule has 0 atom stereocenters. The molecule has 0 aliphatic heterocycles. The van der Waals surface area contributed by atoms with Crippen molar-refractivity contribution in [1.29, 1.82) is 0 Å². The van der Waals surface area contributed by atoms with Crippen LogP contribution in [0.5, 0.6) is 0 Å². The molecule has 0 rings (SSSR count). The average molecular weight is 212 g/mol. The van der Waals surface area contributed by atoms with E-state index in [0.717, 1.165) is 6.08 Å². The number of esters is 1. The molecule has 6 heteroatoms. The lowest BCUT2D eigenvalue weighted by molar-refractivity contribution is -0.171. The zero-order valence-corrected chi connectivity index (χ0v) is 7.63. The number of alkyl halides is 3. The first-order chi connectivity index (χ1) is 6.45. The van der Waals surface area contributed by atoms with Crippen molar-refractivity contribution in [3.63, 3.8) is 0 Å². The molecule has 82 valence electrons. The van der Waals surface area contributed by atoms with Crippen LogP contribution < -0.4 is 0 Å². The third-order valence-corrected chi connectivity index (χ3v) is 1.02. The number of ether oxygens (including phenoxy) is 2. The Balaban J connectivity index is 3.49. The van der Waals surface area contributed by atoms with Crippen molar-refractivity contribution in [1.82, 2.24) is 0 Å². The Morgan fingerprint density at radius 1 is 1.43 bits per heavy atom. The van der Waals surface area contributed by atoms with E-state index in [1.54, 1.807) is 6.92 Å². The summed E-state index contributed by atoms with van der Waals surface area (Å²) in [5, 5.41) is 0. The smallest absolute Gasteiger partial charge is 0.411 e. The van der Waals surface area contributed by atoms with Crippen molar-refractivity contribution in [2.45, 2.75) is 13.1 Å². The fourth-order valence-corrected chi connectivity index (χ4v) is 0.577. The van der Waals surface area contributed by atoms with Gasteiger partial charge in [-0.2, -0.15) is 13.2 Å². The minimum Gasteiger partial charge on any atom is -0.463 e. The van der Waals surface area contributed by atoms with Crippen molar-refractivity contribution in [3.05, 3.63) is 12.2 Å². The SMILES string of the molecule is CCOC(=O)/C=C/COCC(F)(F)F. The second-order valence-electron chi connectivity index (χ2n) is 2.28. The predicted molar refractivity (Wildman–Crippen MR) is 42.6 cm³/mol. The van der Waals surface area contributed by atoms with Crippen LogP contribution in [-0.2, 0) is 14.3 Å². The van der Waals surface area contributed by atoms with Gasteiger partial charge in [0.15, 0.2) is 0 Å². The fourth-order valence-electron chi connectivity index (χ4n) is 0.577. The molecule has 14 heavy (non-hydrogen) atoms. The van der Waals surface area contributed by atoms with Crippen LogP contribution in [0.25, 0.3) is 0 Å². The van der Waals surface area contributed by atoms with E-state index >= 15 is 0 Å². The summed E-state index contributed by atoms with van der Waals surface area (Å²) in [6.07, 6.45) is -2.14. The third kappa shape index (κ3) is 9.05. The quantitative estimate of drug-likeness (QED) is 0.395. The zero-order chi connectivity index (χ0) is 11.0. The van der Waals surface area contributed by atoms with Crippen LogP contribution in [0.15, 0.2) is 12.2 Å². The summed E-state index contributed by atoms with van der Waals surface area (Å²) in [5.41, 5.74) is 0. The number of hydrogen-bond acceptors (Lipinski definition) is 3. The molecule has 0 aliphatic carbocycles. The van der Waals surface area contributed by atoms with E-state index in [0.29, 0.717) is 0 Å². The highest BCUT2D eigenvalue weighted by atomic mass is 19.4. The summed E-state index contributed by atoms with van der Waals surface area (Å²) >= 11 is 0. The molecule has 0 bridgehead atoms. The van der Waals surface area contributed by atoms with E-state index in [2.05, 4.69) is 9.47 Å². The van der Waals surface area contributed by atoms with Crippen molar-refractivity contribution >= 4 is 5.97 Å². The van der Waals surface area contributed by atoms with Crippen LogP contribution in [0.1, 0.15) is 6.92 Å². The second kappa shape index (κ2) is 6.42. The first-order valence-corrected chi connectivity index (χ1v) is 3.93. The van der Waals surface area contributed by atoms with Gasteiger partial charge < -0.3 is 9.47 Å². The summed E-state index contributed by atoms with van der Waals surface area (Å²) in [6.45, 7) is 0.275. The van der Waals surface area contributed by atoms with E-state index in [4.69, 9.17) is 0 Å². The highest BCUT2D eigenvalue weighted by molar-refractivity contribution is 5.81. The van der Waals surface area contributed by atoms with Crippen molar-refractivity contribution in [2.75, 3.05) is 19.8 Å². The molecule has 0 aliphatic rings. The van der Waals surface area contributed by atoms with Gasteiger partial charge in [-0.05, 0) is 6.92 Å². The van der Waals surface area contributed by atoms with Gasteiger partial charge in [-0.25, -0.2) is 4.79 Å². The van der Waals surface area contributed by atoms with E-state index in [1.807, 2.05) is 0 Å². The maximum Gasteiger partial charge on any atom is 0.411 e. The van der Waals surface area contributed by atoms with Gasteiger partial charge in [0, 0.05) is 6.08 Å². The predicted octanol–water partition coefficient (Wildman–Crippen LogP) is 1.68. The van der Waals surface area contributed by atoms with Crippen LogP contribution in [0, 0.1) is 0 Å². The molecule has 3 nitrogen and oxygen atoms in total. The second-order valence-corrected chi connectivity index (χ2v) is 2.28. The minimum atomic E-state index is -4.34. The monoisotopic (exact) mass is 212 g/mol. The first kappa shape index (κ1) is 13.0. The Morgan fingerprint density at radius 2 is 2.07 bits per heavy atom. The molecule has 0 saturated heterocycles. The normalized spacial score (nSPS) is 12.0. The minimum absolute atomic E-state index is 0.229. The van der Waals surface area contributed by atoms with Crippen LogP contribution in [0.2, 0.25) is 0 Å². The molecular formula is C8H11F3O3. The van der Waals surface area contributed by atoms with Crippen LogP contribution >= 0.6 is 0 Å². The van der Waals surface area contributed by atoms with Crippen LogP contribution in [-0.4, -0.2) is 32.0 Å². The Morgan fingerprint density at radius 3 is 2.57 bits per heavy atom. The summed E-state index contributed by atoms with van der Waals surface area (Å²) < 4.78 is 43.3. The summed E-state index contributed by atoms with van der Waals surface area (Å²) in [6, 6.07) is 0. The number of carbonyl (C=O) groups is 1. The largest absolute Gasteiger partial charge is 0.463 e. The maximum atomic E-state index is 11.5. The van der Waals surface area contributed by atoms with Crippen LogP contribution in [0.3, 0.4) is 0 Å². The Labute approximate surface area is 79.5 Å². The summed E-state index contributed by atoms with van der Waals surface area (Å²) in [4.78, 5) is 10.6. The molecule has 0 saturated carbocycles. The van der Waals surface area contributed by atoms with Gasteiger partial charge in [0.1, 0.15) is 6.61 Å². The Bertz CT molecular complexity index is 198. The van der Waals surface area contributed by atoms with Gasteiger partial charge >= 0.3 is 12.1 Å². The van der Waals surface area contributed by atoms with Crippen molar-refractivity contribution in [2.24, 2.45) is 0 Å². The lowest BCUT2D eigenvalue weighted by atomic mass is 10.5. The van der Waals surface area contributed by atoms with Crippen molar-refractivity contribution < 1.29 is 27.4 Å². The summed E-state index contributed by atoms with van der Waals surface area (Å²) in [7, 11) is 0. The molecule has 0 aromatic rings. The highest BCUT2D eigenvalue weighted by Crippen LogP contribution is 2.14. The van der Waals surface area contributed by atoms with E-state index in [9.17, 15) is 18.0 Å². The molecule has 0 N–H and O–H groups in total. The van der Waals surface area contributed by atoms with Gasteiger partial charge in [-0.15, -0.1) is 0 Å². The van der Waals surface area contributed by atoms with Gasteiger partial charge in [0.2, 0.25) is 0 Å². The molecule has 0 fully saturated rings. The molecule has 0 heterocycles. The molecular weight excluding hydrogens is 201 g/mol. The molecule has 0 radical (unpaired) electrons. The number of hydrogen-bond donors (Lipinski definition) is 0. The fraction of sp³-hybridized carbons (Fsp3) is 0.625. The average Bonchev–Trinajstić information content (AvgIpc) is 2.02. The van der Waals surface area contributed by atoms with E-state index < -0.39 is 18.8 Å². The lowest BCUT2D eigenvalue weighted by Crippen LogP contribution is -2.16. The number of carbonyl (C=O) groups excluding carboxylic acids is 1. The molecule has 0 spiro atoms. The zero-order valence-electron chi connectivity index (χ0n) is 7.63. The van der Waals surface area contributed by atoms with Crippen molar-refractivity contribution in [3.8, 4) is 0 Å². The Hall–Kier alpha value is -1.04. The maximum absolute atomic E-state index is 11.5. The summed E-state index contributed by atoms with van der Waals surface area (Å²) in [5.74, 6) is -0.594. The van der Waals surface area contributed by atoms with Gasteiger partial charge in [-0.1, -0.05) is 6.08 Å². The van der Waals surface area contributed by atoms with Gasteiger partial charge in [-0.3, -0.25) is 0 Å². The van der Waals surface area contributed by atoms with Gasteiger partial charge in [0.05, 0.1) is 13.2 Å². The number of rotatable bonds is 5. The number of halogens is 3. The van der Waals surface area contributed by atoms with E-state index in [1.165, 1.54) is 6.08 Å². The highest BCUT2D eigenvalue weighted by Gasteiger charge is 2.26. The van der Waals surface area contributed by atoms with Gasteiger partial charge in [0.25, 0.3) is 0 Å². The third-order valence-electron chi connectivity index (χ3n) is 1.02. The topological polar surface area (TPSA) is 35.5 Å². The standard InChI is InChI=1S/C8H11F3O3/c1-2-14-7(12)4-3-5-13-6-8(9,10)11/h3-4H,2,5-6H2,1H3/b4-3+. The molecule has 0 unspecified atom stereocenters. The molecule has 0 amide bonds.